The summed E-state index contributed by atoms with van der Waals surface area (Å²) in [6.45, 7) is 7.95. The summed E-state index contributed by atoms with van der Waals surface area (Å²) in [6, 6.07) is 6.47. The fourth-order valence-electron chi connectivity index (χ4n) is 3.16. The van der Waals surface area contributed by atoms with Crippen molar-refractivity contribution in [1.29, 1.82) is 0 Å². The predicted molar refractivity (Wildman–Crippen MR) is 94.5 cm³/mol. The third-order valence-corrected chi connectivity index (χ3v) is 4.63. The molecule has 1 fully saturated rings. The number of ether oxygens (including phenoxy) is 1. The molecule has 6 heteroatoms. The normalized spacial score (nSPS) is 19.5. The van der Waals surface area contributed by atoms with Gasteiger partial charge in [-0.15, -0.1) is 0 Å². The van der Waals surface area contributed by atoms with E-state index in [1.165, 1.54) is 12.1 Å². The van der Waals surface area contributed by atoms with Crippen molar-refractivity contribution in [2.45, 2.75) is 32.9 Å². The first-order valence-corrected chi connectivity index (χ1v) is 8.96. The Balaban J connectivity index is 2.04. The molecule has 1 aliphatic rings. The summed E-state index contributed by atoms with van der Waals surface area (Å²) in [5.41, 5.74) is 0.945. The number of hydrogen-bond donors (Lipinski definition) is 1. The van der Waals surface area contributed by atoms with Crippen LogP contribution in [0.15, 0.2) is 24.3 Å². The summed E-state index contributed by atoms with van der Waals surface area (Å²) in [7, 11) is 0. The molecule has 0 aromatic heterocycles. The molecule has 1 aromatic carbocycles. The van der Waals surface area contributed by atoms with Gasteiger partial charge in [0, 0.05) is 38.6 Å². The van der Waals surface area contributed by atoms with Crippen LogP contribution in [0, 0.1) is 11.7 Å². The molecule has 0 saturated carbocycles. The van der Waals surface area contributed by atoms with Crippen molar-refractivity contribution in [3.63, 3.8) is 0 Å². The predicted octanol–water partition coefficient (Wildman–Crippen LogP) is 1.89. The second kappa shape index (κ2) is 9.85. The molecule has 1 atom stereocenters. The third-order valence-electron chi connectivity index (χ3n) is 4.63. The zero-order valence-electron chi connectivity index (χ0n) is 15.2. The molecule has 1 unspecified atom stereocenters. The van der Waals surface area contributed by atoms with E-state index in [4.69, 9.17) is 9.84 Å². The monoisotopic (exact) mass is 352 g/mol. The van der Waals surface area contributed by atoms with Crippen LogP contribution in [0.2, 0.25) is 0 Å². The maximum atomic E-state index is 13.1. The van der Waals surface area contributed by atoms with Gasteiger partial charge >= 0.3 is 0 Å². The van der Waals surface area contributed by atoms with Gasteiger partial charge in [-0.1, -0.05) is 26.0 Å². The molecule has 140 valence electrons. The van der Waals surface area contributed by atoms with Crippen molar-refractivity contribution in [1.82, 2.24) is 9.80 Å². The number of benzene rings is 1. The Bertz CT molecular complexity index is 536. The van der Waals surface area contributed by atoms with Crippen LogP contribution in [0.3, 0.4) is 0 Å². The van der Waals surface area contributed by atoms with Crippen molar-refractivity contribution in [3.8, 4) is 0 Å². The van der Waals surface area contributed by atoms with Crippen LogP contribution in [0.1, 0.15) is 25.8 Å². The van der Waals surface area contributed by atoms with Crippen LogP contribution < -0.4 is 0 Å². The number of aliphatic hydroxyl groups is 1. The molecule has 1 N–H and O–H groups in total. The van der Waals surface area contributed by atoms with Crippen LogP contribution in [-0.4, -0.2) is 66.3 Å². The van der Waals surface area contributed by atoms with Crippen molar-refractivity contribution in [2.75, 3.05) is 39.5 Å². The van der Waals surface area contributed by atoms with Gasteiger partial charge in [-0.25, -0.2) is 4.39 Å². The van der Waals surface area contributed by atoms with E-state index in [9.17, 15) is 9.18 Å². The largest absolute Gasteiger partial charge is 0.394 e. The Kier molecular flexibility index (Phi) is 7.81. The minimum Gasteiger partial charge on any atom is -0.394 e. The quantitative estimate of drug-likeness (QED) is 0.726. The molecule has 0 aliphatic carbocycles. The number of rotatable bonds is 8. The average molecular weight is 352 g/mol. The maximum absolute atomic E-state index is 13.1. The highest BCUT2D eigenvalue weighted by Crippen LogP contribution is 2.21. The topological polar surface area (TPSA) is 53.0 Å². The number of hydrogen-bond acceptors (Lipinski definition) is 4. The van der Waals surface area contributed by atoms with E-state index in [0.717, 1.165) is 18.7 Å². The summed E-state index contributed by atoms with van der Waals surface area (Å²) >= 11 is 0. The highest BCUT2D eigenvalue weighted by Gasteiger charge is 2.31. The number of aliphatic hydroxyl groups excluding tert-OH is 1. The van der Waals surface area contributed by atoms with Crippen molar-refractivity contribution in [2.24, 2.45) is 5.92 Å². The first-order valence-electron chi connectivity index (χ1n) is 8.96. The van der Waals surface area contributed by atoms with Gasteiger partial charge in [-0.2, -0.15) is 0 Å². The summed E-state index contributed by atoms with van der Waals surface area (Å²) < 4.78 is 18.5. The number of carbonyl (C=O) groups is 1. The van der Waals surface area contributed by atoms with E-state index in [-0.39, 0.29) is 24.4 Å². The van der Waals surface area contributed by atoms with Gasteiger partial charge in [0.1, 0.15) is 5.82 Å². The van der Waals surface area contributed by atoms with Crippen LogP contribution in [-0.2, 0) is 16.1 Å². The second-order valence-corrected chi connectivity index (χ2v) is 6.85. The summed E-state index contributed by atoms with van der Waals surface area (Å²) in [5, 5.41) is 8.78. The Morgan fingerprint density at radius 2 is 2.00 bits per heavy atom. The molecule has 5 nitrogen and oxygen atoms in total. The van der Waals surface area contributed by atoms with Crippen LogP contribution >= 0.6 is 0 Å². The van der Waals surface area contributed by atoms with E-state index in [1.807, 2.05) is 4.90 Å². The van der Waals surface area contributed by atoms with Gasteiger partial charge in [0.15, 0.2) is 0 Å². The van der Waals surface area contributed by atoms with Crippen LogP contribution in [0.25, 0.3) is 0 Å². The van der Waals surface area contributed by atoms with Gasteiger partial charge in [0.25, 0.3) is 0 Å². The lowest BCUT2D eigenvalue weighted by atomic mass is 10.0. The molecule has 1 aliphatic heterocycles. The van der Waals surface area contributed by atoms with E-state index < -0.39 is 0 Å². The molecule has 1 saturated heterocycles. The van der Waals surface area contributed by atoms with Crippen molar-refractivity contribution < 1.29 is 19.0 Å². The highest BCUT2D eigenvalue weighted by molar-refractivity contribution is 5.77. The number of amides is 1. The first-order chi connectivity index (χ1) is 12.0. The van der Waals surface area contributed by atoms with E-state index in [0.29, 0.717) is 38.6 Å². The van der Waals surface area contributed by atoms with E-state index >= 15 is 0 Å². The first kappa shape index (κ1) is 19.8. The Hall–Kier alpha value is -1.50. The molecule has 1 aromatic rings. The Morgan fingerprint density at radius 3 is 2.64 bits per heavy atom. The van der Waals surface area contributed by atoms with Crippen LogP contribution in [0.5, 0.6) is 0 Å². The molecular weight excluding hydrogens is 323 g/mol. The summed E-state index contributed by atoms with van der Waals surface area (Å²) in [6.07, 6.45) is 0.477. The van der Waals surface area contributed by atoms with Gasteiger partial charge in [-0.05, 0) is 23.6 Å². The number of halogens is 1. The fraction of sp³-hybridized carbons (Fsp3) is 0.632. The lowest BCUT2D eigenvalue weighted by Crippen LogP contribution is -2.46. The molecule has 0 radical (unpaired) electrons. The van der Waals surface area contributed by atoms with Crippen molar-refractivity contribution >= 4 is 5.91 Å². The Labute approximate surface area is 149 Å². The molecule has 1 heterocycles. The van der Waals surface area contributed by atoms with Gasteiger partial charge < -0.3 is 14.7 Å². The van der Waals surface area contributed by atoms with Gasteiger partial charge in [-0.3, -0.25) is 9.69 Å². The highest BCUT2D eigenvalue weighted by atomic mass is 19.1. The standard InChI is InChI=1S/C19H29FN2O3/c1-15(2)18-14-21(9-11-25-12-10-23)8-7-19(24)22(18)13-16-3-5-17(20)6-4-16/h3-6,15,18,23H,7-14H2,1-2H3. The lowest BCUT2D eigenvalue weighted by Gasteiger charge is -2.35. The smallest absolute Gasteiger partial charge is 0.224 e. The van der Waals surface area contributed by atoms with Crippen molar-refractivity contribution in [3.05, 3.63) is 35.6 Å². The number of nitrogens with zero attached hydrogens (tertiary/aromatic N) is 2. The fourth-order valence-corrected chi connectivity index (χ4v) is 3.16. The second-order valence-electron chi connectivity index (χ2n) is 6.85. The molecule has 2 rings (SSSR count). The molecule has 0 bridgehead atoms. The summed E-state index contributed by atoms with van der Waals surface area (Å²) in [5.74, 6) is 0.200. The minimum atomic E-state index is -0.264. The molecule has 25 heavy (non-hydrogen) atoms. The van der Waals surface area contributed by atoms with E-state index in [1.54, 1.807) is 12.1 Å². The SMILES string of the molecule is CC(C)C1CN(CCOCCO)CCC(=O)N1Cc1ccc(F)cc1. The number of carbonyl (C=O) groups excluding carboxylic acids is 1. The zero-order chi connectivity index (χ0) is 18.2. The molecule has 0 spiro atoms. The minimum absolute atomic E-state index is 0.0263. The molecular formula is C19H29FN2O3. The lowest BCUT2D eigenvalue weighted by molar-refractivity contribution is -0.134. The van der Waals surface area contributed by atoms with Crippen LogP contribution in [0.4, 0.5) is 4.39 Å². The molecule has 1 amide bonds. The van der Waals surface area contributed by atoms with Gasteiger partial charge in [0.2, 0.25) is 5.91 Å². The zero-order valence-corrected chi connectivity index (χ0v) is 15.2. The summed E-state index contributed by atoms with van der Waals surface area (Å²) in [4.78, 5) is 16.9. The third kappa shape index (κ3) is 6.06. The Morgan fingerprint density at radius 1 is 1.28 bits per heavy atom. The maximum Gasteiger partial charge on any atom is 0.224 e. The van der Waals surface area contributed by atoms with E-state index in [2.05, 4.69) is 18.7 Å². The van der Waals surface area contributed by atoms with Gasteiger partial charge in [0.05, 0.1) is 19.8 Å². The average Bonchev–Trinajstić information content (AvgIpc) is 2.74.